The number of sulfone groups is 1. The van der Waals surface area contributed by atoms with Crippen molar-refractivity contribution in [2.45, 2.75) is 18.1 Å². The van der Waals surface area contributed by atoms with Crippen LogP contribution in [0.15, 0.2) is 24.3 Å². The highest BCUT2D eigenvalue weighted by molar-refractivity contribution is 7.92. The topological polar surface area (TPSA) is 46.6 Å². The molecule has 2 aliphatic heterocycles. The van der Waals surface area contributed by atoms with E-state index in [1.807, 2.05) is 0 Å². The second-order valence-corrected chi connectivity index (χ2v) is 8.21. The number of likely N-dealkylation sites (tertiary alicyclic amines) is 1. The van der Waals surface area contributed by atoms with Crippen molar-refractivity contribution in [1.82, 2.24) is 4.90 Å². The van der Waals surface area contributed by atoms with Crippen LogP contribution in [0.3, 0.4) is 0 Å². The first-order chi connectivity index (χ1) is 10.0. The van der Waals surface area contributed by atoms with E-state index in [-0.39, 0.29) is 11.1 Å². The average molecular weight is 313 g/mol. The monoisotopic (exact) mass is 313 g/mol. The van der Waals surface area contributed by atoms with Crippen molar-refractivity contribution >= 4 is 9.84 Å². The van der Waals surface area contributed by atoms with Crippen LogP contribution in [-0.2, 0) is 9.84 Å². The van der Waals surface area contributed by atoms with Crippen molar-refractivity contribution in [1.29, 1.82) is 0 Å². The molecular weight excluding hydrogens is 293 g/mol. The summed E-state index contributed by atoms with van der Waals surface area (Å²) in [6.45, 7) is 2.97. The molecule has 1 aromatic rings. The minimum atomic E-state index is -2.84. The van der Waals surface area contributed by atoms with Crippen LogP contribution < -0.4 is 4.74 Å². The molecule has 0 spiro atoms. The van der Waals surface area contributed by atoms with Gasteiger partial charge in [-0.05, 0) is 43.0 Å². The zero-order valence-electron chi connectivity index (χ0n) is 11.9. The Balaban J connectivity index is 1.40. The van der Waals surface area contributed by atoms with Crippen molar-refractivity contribution < 1.29 is 17.5 Å². The van der Waals surface area contributed by atoms with Crippen molar-refractivity contribution in [3.8, 4) is 5.75 Å². The van der Waals surface area contributed by atoms with Crippen LogP contribution in [0.2, 0.25) is 0 Å². The molecule has 2 saturated heterocycles. The molecule has 6 heteroatoms. The maximum atomic E-state index is 12.7. The van der Waals surface area contributed by atoms with Gasteiger partial charge in [0.1, 0.15) is 11.6 Å². The Kier molecular flexibility index (Phi) is 4.17. The third-order valence-corrected chi connectivity index (χ3v) is 6.65. The molecule has 0 amide bonds. The van der Waals surface area contributed by atoms with Gasteiger partial charge in [-0.3, -0.25) is 0 Å². The molecule has 2 heterocycles. The van der Waals surface area contributed by atoms with Gasteiger partial charge in [0.15, 0.2) is 9.84 Å². The number of hydrogen-bond acceptors (Lipinski definition) is 4. The standard InChI is InChI=1S/C15H20FNO3S/c16-13-2-4-14(5-3-13)20-8-1-7-17-10-12-6-9-21(18,19)15(12)11-17/h2-5,12,15H,1,6-11H2/t12-,15+/m0/s1. The predicted molar refractivity (Wildman–Crippen MR) is 78.6 cm³/mol. The lowest BCUT2D eigenvalue weighted by Gasteiger charge is -2.16. The molecule has 0 N–H and O–H groups in total. The van der Waals surface area contributed by atoms with E-state index >= 15 is 0 Å². The van der Waals surface area contributed by atoms with Gasteiger partial charge < -0.3 is 9.64 Å². The van der Waals surface area contributed by atoms with Gasteiger partial charge in [-0.2, -0.15) is 0 Å². The lowest BCUT2D eigenvalue weighted by molar-refractivity contribution is 0.257. The second kappa shape index (κ2) is 5.93. The summed E-state index contributed by atoms with van der Waals surface area (Å²) >= 11 is 0. The number of fused-ring (bicyclic) bond motifs is 1. The van der Waals surface area contributed by atoms with Gasteiger partial charge in [0.2, 0.25) is 0 Å². The molecule has 2 aliphatic rings. The number of hydrogen-bond donors (Lipinski definition) is 0. The first-order valence-electron chi connectivity index (χ1n) is 7.37. The fraction of sp³-hybridized carbons (Fsp3) is 0.600. The van der Waals surface area contributed by atoms with Crippen LogP contribution in [0.25, 0.3) is 0 Å². The Morgan fingerprint density at radius 1 is 1.24 bits per heavy atom. The van der Waals surface area contributed by atoms with Crippen LogP contribution in [0.5, 0.6) is 5.75 Å². The number of benzene rings is 1. The quantitative estimate of drug-likeness (QED) is 0.777. The largest absolute Gasteiger partial charge is 0.494 e. The summed E-state index contributed by atoms with van der Waals surface area (Å²) < 4.78 is 42.0. The highest BCUT2D eigenvalue weighted by Crippen LogP contribution is 2.33. The van der Waals surface area contributed by atoms with Gasteiger partial charge in [-0.1, -0.05) is 0 Å². The third kappa shape index (κ3) is 3.37. The molecule has 2 atom stereocenters. The number of rotatable bonds is 5. The molecule has 3 rings (SSSR count). The normalized spacial score (nSPS) is 27.7. The van der Waals surface area contributed by atoms with E-state index in [0.717, 1.165) is 25.9 Å². The molecular formula is C15H20FNO3S. The summed E-state index contributed by atoms with van der Waals surface area (Å²) in [5, 5.41) is -0.143. The number of ether oxygens (including phenoxy) is 1. The predicted octanol–water partition coefficient (Wildman–Crippen LogP) is 1.71. The fourth-order valence-electron chi connectivity index (χ4n) is 3.27. The lowest BCUT2D eigenvalue weighted by Crippen LogP contribution is -2.28. The maximum Gasteiger partial charge on any atom is 0.154 e. The number of nitrogens with zero attached hydrogens (tertiary/aromatic N) is 1. The summed E-state index contributed by atoms with van der Waals surface area (Å²) in [6, 6.07) is 5.98. The van der Waals surface area contributed by atoms with Crippen molar-refractivity contribution in [3.05, 3.63) is 30.1 Å². The van der Waals surface area contributed by atoms with Crippen LogP contribution in [-0.4, -0.2) is 50.6 Å². The lowest BCUT2D eigenvalue weighted by atomic mass is 10.1. The first-order valence-corrected chi connectivity index (χ1v) is 9.08. The zero-order chi connectivity index (χ0) is 14.9. The zero-order valence-corrected chi connectivity index (χ0v) is 12.7. The van der Waals surface area contributed by atoms with E-state index in [1.54, 1.807) is 12.1 Å². The van der Waals surface area contributed by atoms with Crippen LogP contribution >= 0.6 is 0 Å². The Hall–Kier alpha value is -1.14. The van der Waals surface area contributed by atoms with Crippen molar-refractivity contribution in [2.75, 3.05) is 32.0 Å². The summed E-state index contributed by atoms with van der Waals surface area (Å²) in [6.07, 6.45) is 1.66. The third-order valence-electron chi connectivity index (χ3n) is 4.39. The van der Waals surface area contributed by atoms with E-state index in [4.69, 9.17) is 4.74 Å². The van der Waals surface area contributed by atoms with Gasteiger partial charge in [0.05, 0.1) is 17.6 Å². The molecule has 0 saturated carbocycles. The van der Waals surface area contributed by atoms with E-state index in [1.165, 1.54) is 12.1 Å². The summed E-state index contributed by atoms with van der Waals surface area (Å²) in [5.41, 5.74) is 0. The Labute approximate surface area is 124 Å². The maximum absolute atomic E-state index is 12.7. The summed E-state index contributed by atoms with van der Waals surface area (Å²) in [4.78, 5) is 2.22. The van der Waals surface area contributed by atoms with E-state index in [2.05, 4.69) is 4.90 Å². The minimum Gasteiger partial charge on any atom is -0.494 e. The van der Waals surface area contributed by atoms with E-state index < -0.39 is 9.84 Å². The van der Waals surface area contributed by atoms with Gasteiger partial charge in [0.25, 0.3) is 0 Å². The van der Waals surface area contributed by atoms with Crippen LogP contribution in [0.4, 0.5) is 4.39 Å². The summed E-state index contributed by atoms with van der Waals surface area (Å²) in [7, 11) is -2.84. The van der Waals surface area contributed by atoms with Crippen molar-refractivity contribution in [3.63, 3.8) is 0 Å². The number of halogens is 1. The SMILES string of the molecule is O=S1(=O)CC[C@H]2CN(CCCOc3ccc(F)cc3)C[C@H]21. The Bertz CT molecular complexity index is 587. The molecule has 0 radical (unpaired) electrons. The average Bonchev–Trinajstić information content (AvgIpc) is 2.98. The molecule has 4 nitrogen and oxygen atoms in total. The Morgan fingerprint density at radius 3 is 2.71 bits per heavy atom. The van der Waals surface area contributed by atoms with Crippen LogP contribution in [0, 0.1) is 11.7 Å². The highest BCUT2D eigenvalue weighted by atomic mass is 32.2. The van der Waals surface area contributed by atoms with Gasteiger partial charge >= 0.3 is 0 Å². The minimum absolute atomic E-state index is 0.143. The van der Waals surface area contributed by atoms with Crippen LogP contribution in [0.1, 0.15) is 12.8 Å². The molecule has 0 unspecified atom stereocenters. The molecule has 21 heavy (non-hydrogen) atoms. The second-order valence-electron chi connectivity index (χ2n) is 5.87. The molecule has 2 fully saturated rings. The van der Waals surface area contributed by atoms with Gasteiger partial charge in [-0.15, -0.1) is 0 Å². The molecule has 0 aliphatic carbocycles. The molecule has 0 bridgehead atoms. The smallest absolute Gasteiger partial charge is 0.154 e. The highest BCUT2D eigenvalue weighted by Gasteiger charge is 2.45. The molecule has 1 aromatic carbocycles. The molecule has 0 aromatic heterocycles. The van der Waals surface area contributed by atoms with Gasteiger partial charge in [0, 0.05) is 19.6 Å². The van der Waals surface area contributed by atoms with Gasteiger partial charge in [-0.25, -0.2) is 12.8 Å². The molecule has 116 valence electrons. The Morgan fingerprint density at radius 2 is 2.00 bits per heavy atom. The van der Waals surface area contributed by atoms with E-state index in [9.17, 15) is 12.8 Å². The fourth-order valence-corrected chi connectivity index (χ4v) is 5.45. The summed E-state index contributed by atoms with van der Waals surface area (Å²) in [5.74, 6) is 1.08. The first kappa shape index (κ1) is 14.8. The van der Waals surface area contributed by atoms with E-state index in [0.29, 0.717) is 30.6 Å². The van der Waals surface area contributed by atoms with Crippen molar-refractivity contribution in [2.24, 2.45) is 5.92 Å².